The Hall–Kier alpha value is -1.10. The number of carbonyl (C=O) groups is 1. The van der Waals surface area contributed by atoms with E-state index in [2.05, 4.69) is 5.32 Å². The minimum Gasteiger partial charge on any atom is -0.354 e. The van der Waals surface area contributed by atoms with Gasteiger partial charge in [-0.05, 0) is 43.3 Å². The van der Waals surface area contributed by atoms with Crippen LogP contribution in [0.4, 0.5) is 0 Å². The highest BCUT2D eigenvalue weighted by atomic mass is 35.5. The molecule has 1 N–H and O–H groups in total. The van der Waals surface area contributed by atoms with E-state index in [0.717, 1.165) is 20.6 Å². The molecule has 116 valence electrons. The predicted octanol–water partition coefficient (Wildman–Crippen LogP) is 4.73. The molecule has 0 saturated carbocycles. The molecule has 0 unspecified atom stereocenters. The molecule has 0 saturated heterocycles. The molecule has 0 spiro atoms. The molecule has 5 heteroatoms. The molecule has 2 aromatic carbocycles. The van der Waals surface area contributed by atoms with E-state index in [4.69, 9.17) is 11.6 Å². The minimum absolute atomic E-state index is 0.0746. The fraction of sp³-hybridized carbons (Fsp3) is 0.235. The summed E-state index contributed by atoms with van der Waals surface area (Å²) in [6, 6.07) is 17.7. The van der Waals surface area contributed by atoms with Crippen molar-refractivity contribution in [1.29, 1.82) is 0 Å². The molecule has 0 aliphatic heterocycles. The van der Waals surface area contributed by atoms with Crippen LogP contribution in [0.1, 0.15) is 6.92 Å². The molecular formula is C17H18ClNOS2. The zero-order valence-electron chi connectivity index (χ0n) is 12.3. The second kappa shape index (κ2) is 9.13. The molecule has 2 aromatic rings. The SMILES string of the molecule is C[C@H](Sc1ccccc1)C(=O)NCCSc1ccc(Cl)cc1. The van der Waals surface area contributed by atoms with Gasteiger partial charge in [-0.15, -0.1) is 23.5 Å². The van der Waals surface area contributed by atoms with Gasteiger partial charge in [0.2, 0.25) is 5.91 Å². The third kappa shape index (κ3) is 5.95. The zero-order chi connectivity index (χ0) is 15.8. The van der Waals surface area contributed by atoms with E-state index in [-0.39, 0.29) is 11.2 Å². The first kappa shape index (κ1) is 17.3. The van der Waals surface area contributed by atoms with Gasteiger partial charge in [0.15, 0.2) is 0 Å². The van der Waals surface area contributed by atoms with E-state index in [1.165, 1.54) is 0 Å². The van der Waals surface area contributed by atoms with E-state index in [1.54, 1.807) is 23.5 Å². The fourth-order valence-corrected chi connectivity index (χ4v) is 3.58. The lowest BCUT2D eigenvalue weighted by atomic mass is 10.4. The van der Waals surface area contributed by atoms with Gasteiger partial charge >= 0.3 is 0 Å². The van der Waals surface area contributed by atoms with Gasteiger partial charge in [0.05, 0.1) is 5.25 Å². The molecule has 0 bridgehead atoms. The maximum atomic E-state index is 12.0. The third-order valence-corrected chi connectivity index (χ3v) is 5.29. The van der Waals surface area contributed by atoms with Crippen LogP contribution < -0.4 is 5.32 Å². The van der Waals surface area contributed by atoms with E-state index >= 15 is 0 Å². The van der Waals surface area contributed by atoms with Gasteiger partial charge in [-0.2, -0.15) is 0 Å². The number of halogens is 1. The maximum Gasteiger partial charge on any atom is 0.233 e. The van der Waals surface area contributed by atoms with Crippen molar-refractivity contribution in [3.8, 4) is 0 Å². The molecule has 0 aliphatic rings. The monoisotopic (exact) mass is 351 g/mol. The molecular weight excluding hydrogens is 334 g/mol. The number of carbonyl (C=O) groups excluding carboxylic acids is 1. The van der Waals surface area contributed by atoms with Gasteiger partial charge in [-0.3, -0.25) is 4.79 Å². The summed E-state index contributed by atoms with van der Waals surface area (Å²) in [4.78, 5) is 14.3. The Kier molecular flexibility index (Phi) is 7.16. The van der Waals surface area contributed by atoms with Crippen molar-refractivity contribution in [3.05, 3.63) is 59.6 Å². The summed E-state index contributed by atoms with van der Waals surface area (Å²) in [6.45, 7) is 2.59. The zero-order valence-corrected chi connectivity index (χ0v) is 14.7. The van der Waals surface area contributed by atoms with E-state index in [1.807, 2.05) is 61.5 Å². The largest absolute Gasteiger partial charge is 0.354 e. The first-order valence-electron chi connectivity index (χ1n) is 7.03. The van der Waals surface area contributed by atoms with Crippen LogP contribution in [0.5, 0.6) is 0 Å². The Morgan fingerprint density at radius 3 is 2.45 bits per heavy atom. The second-order valence-electron chi connectivity index (χ2n) is 4.67. The summed E-state index contributed by atoms with van der Waals surface area (Å²) in [5.74, 6) is 0.918. The van der Waals surface area contributed by atoms with Gasteiger partial charge in [0.1, 0.15) is 0 Å². The van der Waals surface area contributed by atoms with E-state index < -0.39 is 0 Å². The van der Waals surface area contributed by atoms with E-state index in [9.17, 15) is 4.79 Å². The van der Waals surface area contributed by atoms with Crippen LogP contribution in [0.3, 0.4) is 0 Å². The summed E-state index contributed by atoms with van der Waals surface area (Å²) >= 11 is 9.13. The van der Waals surface area contributed by atoms with Crippen LogP contribution in [0, 0.1) is 0 Å². The molecule has 1 amide bonds. The number of rotatable bonds is 7. The highest BCUT2D eigenvalue weighted by Gasteiger charge is 2.13. The summed E-state index contributed by atoms with van der Waals surface area (Å²) in [6.07, 6.45) is 0. The Morgan fingerprint density at radius 1 is 1.09 bits per heavy atom. The Balaban J connectivity index is 1.67. The number of amides is 1. The summed E-state index contributed by atoms with van der Waals surface area (Å²) in [5.41, 5.74) is 0. The van der Waals surface area contributed by atoms with E-state index in [0.29, 0.717) is 6.54 Å². The summed E-state index contributed by atoms with van der Waals surface area (Å²) in [7, 11) is 0. The van der Waals surface area contributed by atoms with Crippen LogP contribution in [-0.2, 0) is 4.79 Å². The molecule has 0 aromatic heterocycles. The first-order valence-corrected chi connectivity index (χ1v) is 9.27. The number of benzene rings is 2. The summed E-state index contributed by atoms with van der Waals surface area (Å²) < 4.78 is 0. The maximum absolute atomic E-state index is 12.0. The third-order valence-electron chi connectivity index (χ3n) is 2.91. The smallest absolute Gasteiger partial charge is 0.233 e. The van der Waals surface area contributed by atoms with Crippen molar-refractivity contribution >= 4 is 41.0 Å². The highest BCUT2D eigenvalue weighted by Crippen LogP contribution is 2.23. The minimum atomic E-state index is -0.0945. The van der Waals surface area contributed by atoms with Crippen LogP contribution in [-0.4, -0.2) is 23.5 Å². The lowest BCUT2D eigenvalue weighted by Crippen LogP contribution is -2.32. The average molecular weight is 352 g/mol. The number of hydrogen-bond donors (Lipinski definition) is 1. The fourth-order valence-electron chi connectivity index (χ4n) is 1.77. The first-order chi connectivity index (χ1) is 10.6. The molecule has 2 rings (SSSR count). The Morgan fingerprint density at radius 2 is 1.77 bits per heavy atom. The van der Waals surface area contributed by atoms with Gasteiger partial charge in [-0.1, -0.05) is 29.8 Å². The van der Waals surface area contributed by atoms with Gasteiger partial charge in [0, 0.05) is 27.1 Å². The van der Waals surface area contributed by atoms with Crippen LogP contribution >= 0.6 is 35.1 Å². The van der Waals surface area contributed by atoms with Crippen LogP contribution in [0.2, 0.25) is 5.02 Å². The van der Waals surface area contributed by atoms with Crippen molar-refractivity contribution in [2.45, 2.75) is 22.0 Å². The van der Waals surface area contributed by atoms with Crippen molar-refractivity contribution < 1.29 is 4.79 Å². The molecule has 1 atom stereocenters. The molecule has 0 radical (unpaired) electrons. The molecule has 2 nitrogen and oxygen atoms in total. The van der Waals surface area contributed by atoms with Crippen LogP contribution in [0.25, 0.3) is 0 Å². The lowest BCUT2D eigenvalue weighted by molar-refractivity contribution is -0.120. The van der Waals surface area contributed by atoms with Gasteiger partial charge in [0.25, 0.3) is 0 Å². The quantitative estimate of drug-likeness (QED) is 0.577. The van der Waals surface area contributed by atoms with Crippen molar-refractivity contribution in [2.75, 3.05) is 12.3 Å². The number of hydrogen-bond acceptors (Lipinski definition) is 3. The summed E-state index contributed by atoms with van der Waals surface area (Å²) in [5, 5.41) is 3.62. The Labute approximate surface area is 145 Å². The van der Waals surface area contributed by atoms with Crippen LogP contribution in [0.15, 0.2) is 64.4 Å². The second-order valence-corrected chi connectivity index (χ2v) is 7.69. The predicted molar refractivity (Wildman–Crippen MR) is 96.9 cm³/mol. The molecule has 0 fully saturated rings. The lowest BCUT2D eigenvalue weighted by Gasteiger charge is -2.11. The topological polar surface area (TPSA) is 29.1 Å². The molecule has 22 heavy (non-hydrogen) atoms. The van der Waals surface area contributed by atoms with Crippen molar-refractivity contribution in [2.24, 2.45) is 0 Å². The van der Waals surface area contributed by atoms with Crippen molar-refractivity contribution in [3.63, 3.8) is 0 Å². The van der Waals surface area contributed by atoms with Gasteiger partial charge < -0.3 is 5.32 Å². The normalized spacial score (nSPS) is 11.9. The standard InChI is InChI=1S/C17H18ClNOS2/c1-13(22-16-5-3-2-4-6-16)17(20)19-11-12-21-15-9-7-14(18)8-10-15/h2-10,13H,11-12H2,1H3,(H,19,20)/t13-/m0/s1. The molecule has 0 aliphatic carbocycles. The number of thioether (sulfide) groups is 2. The van der Waals surface area contributed by atoms with Crippen molar-refractivity contribution in [1.82, 2.24) is 5.32 Å². The Bertz CT molecular complexity index is 589. The highest BCUT2D eigenvalue weighted by molar-refractivity contribution is 8.00. The average Bonchev–Trinajstić information content (AvgIpc) is 2.54. The molecule has 0 heterocycles. The van der Waals surface area contributed by atoms with Gasteiger partial charge in [-0.25, -0.2) is 0 Å². The number of nitrogens with one attached hydrogen (secondary N) is 1.